The highest BCUT2D eigenvalue weighted by Gasteiger charge is 2.29. The van der Waals surface area contributed by atoms with Crippen LogP contribution in [0.3, 0.4) is 0 Å². The summed E-state index contributed by atoms with van der Waals surface area (Å²) in [4.78, 5) is 18.5. The van der Waals surface area contributed by atoms with E-state index in [0.717, 1.165) is 12.8 Å². The van der Waals surface area contributed by atoms with Crippen LogP contribution >= 0.6 is 0 Å². The van der Waals surface area contributed by atoms with Crippen molar-refractivity contribution >= 4 is 11.6 Å². The molecular formula is C17H19FN2O2. The first-order chi connectivity index (χ1) is 10.6. The lowest BCUT2D eigenvalue weighted by molar-refractivity contribution is 0.0981. The topological polar surface area (TPSA) is 46.3 Å². The Balaban J connectivity index is 1.91. The fourth-order valence-electron chi connectivity index (χ4n) is 2.67. The van der Waals surface area contributed by atoms with Crippen molar-refractivity contribution in [3.63, 3.8) is 0 Å². The second-order valence-corrected chi connectivity index (χ2v) is 5.59. The van der Waals surface area contributed by atoms with Crippen LogP contribution in [-0.4, -0.2) is 17.4 Å². The molecule has 0 saturated heterocycles. The van der Waals surface area contributed by atoms with Gasteiger partial charge in [-0.2, -0.15) is 0 Å². The van der Waals surface area contributed by atoms with E-state index >= 15 is 0 Å². The largest absolute Gasteiger partial charge is 0.445 e. The van der Waals surface area contributed by atoms with E-state index < -0.39 is 5.82 Å². The maximum Gasteiger partial charge on any atom is 0.280 e. The van der Waals surface area contributed by atoms with Gasteiger partial charge < -0.3 is 9.32 Å². The van der Waals surface area contributed by atoms with E-state index in [1.165, 1.54) is 17.4 Å². The fourth-order valence-corrected chi connectivity index (χ4v) is 2.67. The molecule has 1 aliphatic rings. The van der Waals surface area contributed by atoms with Crippen molar-refractivity contribution in [2.45, 2.75) is 39.0 Å². The third-order valence-corrected chi connectivity index (χ3v) is 4.17. The monoisotopic (exact) mass is 302 g/mol. The van der Waals surface area contributed by atoms with E-state index in [2.05, 4.69) is 4.98 Å². The van der Waals surface area contributed by atoms with Crippen molar-refractivity contribution in [3.05, 3.63) is 47.4 Å². The van der Waals surface area contributed by atoms with Crippen molar-refractivity contribution in [1.29, 1.82) is 0 Å². The summed E-state index contributed by atoms with van der Waals surface area (Å²) in [5.41, 5.74) is 0.551. The van der Waals surface area contributed by atoms with Crippen molar-refractivity contribution in [3.8, 4) is 0 Å². The molecule has 0 spiro atoms. The van der Waals surface area contributed by atoms with Crippen LogP contribution in [0.4, 0.5) is 10.1 Å². The van der Waals surface area contributed by atoms with Crippen molar-refractivity contribution in [2.24, 2.45) is 0 Å². The lowest BCUT2D eigenvalue weighted by Crippen LogP contribution is -2.32. The van der Waals surface area contributed by atoms with Gasteiger partial charge >= 0.3 is 0 Å². The first-order valence-corrected chi connectivity index (χ1v) is 7.65. The van der Waals surface area contributed by atoms with Gasteiger partial charge in [-0.15, -0.1) is 0 Å². The molecule has 0 radical (unpaired) electrons. The summed E-state index contributed by atoms with van der Waals surface area (Å²) in [5.74, 6) is 0.722. The standard InChI is InChI=1S/C17H19FN2O2/c1-3-20(14-10-5-4-9-13(14)18)17(21)15-11(2)22-16(19-15)12-7-6-8-12/h4-5,9-10,12H,3,6-8H2,1-2H3. The van der Waals surface area contributed by atoms with Gasteiger partial charge in [0, 0.05) is 12.5 Å². The van der Waals surface area contributed by atoms with Crippen LogP contribution in [0.5, 0.6) is 0 Å². The Hall–Kier alpha value is -2.17. The van der Waals surface area contributed by atoms with Gasteiger partial charge in [0.1, 0.15) is 11.6 Å². The number of halogens is 1. The van der Waals surface area contributed by atoms with Crippen molar-refractivity contribution < 1.29 is 13.6 Å². The molecule has 1 aliphatic carbocycles. The molecule has 5 heteroatoms. The van der Waals surface area contributed by atoms with E-state index in [0.29, 0.717) is 24.1 Å². The summed E-state index contributed by atoms with van der Waals surface area (Å²) in [6, 6.07) is 6.26. The molecule has 0 N–H and O–H groups in total. The van der Waals surface area contributed by atoms with Crippen molar-refractivity contribution in [2.75, 3.05) is 11.4 Å². The molecule has 1 aromatic heterocycles. The summed E-state index contributed by atoms with van der Waals surface area (Å²) in [6.07, 6.45) is 3.28. The molecule has 0 atom stereocenters. The number of rotatable bonds is 4. The van der Waals surface area contributed by atoms with Crippen LogP contribution in [0.25, 0.3) is 0 Å². The third kappa shape index (κ3) is 2.51. The number of aryl methyl sites for hydroxylation is 1. The smallest absolute Gasteiger partial charge is 0.280 e. The zero-order valence-electron chi connectivity index (χ0n) is 12.8. The number of anilines is 1. The fraction of sp³-hybridized carbons (Fsp3) is 0.412. The Morgan fingerprint density at radius 1 is 1.41 bits per heavy atom. The number of hydrogen-bond donors (Lipinski definition) is 0. The predicted molar refractivity (Wildman–Crippen MR) is 81.6 cm³/mol. The molecule has 1 aromatic carbocycles. The van der Waals surface area contributed by atoms with E-state index in [1.807, 2.05) is 6.92 Å². The molecule has 0 bridgehead atoms. The summed E-state index contributed by atoms with van der Waals surface area (Å²) < 4.78 is 19.6. The SMILES string of the molecule is CCN(C(=O)c1nc(C2CCC2)oc1C)c1ccccc1F. The van der Waals surface area contributed by atoms with Crippen LogP contribution in [0.1, 0.15) is 54.2 Å². The molecule has 2 aromatic rings. The molecule has 3 rings (SSSR count). The second-order valence-electron chi connectivity index (χ2n) is 5.59. The molecule has 1 amide bonds. The molecule has 0 unspecified atom stereocenters. The highest BCUT2D eigenvalue weighted by atomic mass is 19.1. The Morgan fingerprint density at radius 2 is 2.14 bits per heavy atom. The van der Waals surface area contributed by atoms with E-state index in [1.54, 1.807) is 25.1 Å². The number of hydrogen-bond acceptors (Lipinski definition) is 3. The lowest BCUT2D eigenvalue weighted by atomic mass is 9.85. The Morgan fingerprint density at radius 3 is 2.73 bits per heavy atom. The van der Waals surface area contributed by atoms with Gasteiger partial charge in [-0.05, 0) is 38.8 Å². The minimum Gasteiger partial charge on any atom is -0.445 e. The lowest BCUT2D eigenvalue weighted by Gasteiger charge is -2.21. The van der Waals surface area contributed by atoms with E-state index in [-0.39, 0.29) is 17.3 Å². The number of carbonyl (C=O) groups excluding carboxylic acids is 1. The van der Waals surface area contributed by atoms with Gasteiger partial charge in [-0.1, -0.05) is 18.6 Å². The van der Waals surface area contributed by atoms with Gasteiger partial charge in [-0.25, -0.2) is 9.37 Å². The summed E-state index contributed by atoms with van der Waals surface area (Å²) in [7, 11) is 0. The van der Waals surface area contributed by atoms with Crippen LogP contribution in [0.2, 0.25) is 0 Å². The number of benzene rings is 1. The number of carbonyl (C=O) groups is 1. The van der Waals surface area contributed by atoms with Gasteiger partial charge in [-0.3, -0.25) is 4.79 Å². The quantitative estimate of drug-likeness (QED) is 0.855. The Labute approximate surface area is 129 Å². The predicted octanol–water partition coefficient (Wildman–Crippen LogP) is 4.06. The molecule has 22 heavy (non-hydrogen) atoms. The maximum absolute atomic E-state index is 14.0. The molecule has 1 heterocycles. The first kappa shape index (κ1) is 14.8. The van der Waals surface area contributed by atoms with Crippen molar-refractivity contribution in [1.82, 2.24) is 4.98 Å². The van der Waals surface area contributed by atoms with Crippen LogP contribution in [0, 0.1) is 12.7 Å². The summed E-state index contributed by atoms with van der Waals surface area (Å²) in [5, 5.41) is 0. The molecule has 0 aliphatic heterocycles. The molecular weight excluding hydrogens is 283 g/mol. The normalized spacial score (nSPS) is 14.7. The number of oxazole rings is 1. The minimum absolute atomic E-state index is 0.266. The van der Waals surface area contributed by atoms with Gasteiger partial charge in [0.25, 0.3) is 5.91 Å². The van der Waals surface area contributed by atoms with Gasteiger partial charge in [0.2, 0.25) is 0 Å². The zero-order chi connectivity index (χ0) is 15.7. The number of amides is 1. The molecule has 116 valence electrons. The highest BCUT2D eigenvalue weighted by Crippen LogP contribution is 2.36. The first-order valence-electron chi connectivity index (χ1n) is 7.65. The molecule has 4 nitrogen and oxygen atoms in total. The Kier molecular flexibility index (Phi) is 3.96. The number of nitrogens with zero attached hydrogens (tertiary/aromatic N) is 2. The summed E-state index contributed by atoms with van der Waals surface area (Å²) in [6.45, 7) is 3.91. The van der Waals surface area contributed by atoms with Gasteiger partial charge in [0.05, 0.1) is 5.69 Å². The highest BCUT2D eigenvalue weighted by molar-refractivity contribution is 6.05. The molecule has 1 fully saturated rings. The number of para-hydroxylation sites is 1. The average Bonchev–Trinajstić information content (AvgIpc) is 2.81. The van der Waals surface area contributed by atoms with Crippen LogP contribution in [-0.2, 0) is 0 Å². The van der Waals surface area contributed by atoms with Crippen LogP contribution in [0.15, 0.2) is 28.7 Å². The van der Waals surface area contributed by atoms with E-state index in [4.69, 9.17) is 4.42 Å². The van der Waals surface area contributed by atoms with E-state index in [9.17, 15) is 9.18 Å². The van der Waals surface area contributed by atoms with Crippen LogP contribution < -0.4 is 4.90 Å². The van der Waals surface area contributed by atoms with Gasteiger partial charge in [0.15, 0.2) is 11.6 Å². The Bertz CT molecular complexity index is 692. The third-order valence-electron chi connectivity index (χ3n) is 4.17. The molecule has 1 saturated carbocycles. The summed E-state index contributed by atoms with van der Waals surface area (Å²) >= 11 is 0. The number of aromatic nitrogens is 1. The zero-order valence-corrected chi connectivity index (χ0v) is 12.8. The maximum atomic E-state index is 14.0. The average molecular weight is 302 g/mol. The minimum atomic E-state index is -0.418. The second kappa shape index (κ2) is 5.91.